The Kier molecular flexibility index (Phi) is 5.03. The molecule has 1 fully saturated rings. The molecule has 1 aliphatic rings. The van der Waals surface area contributed by atoms with E-state index in [1.54, 1.807) is 0 Å². The van der Waals surface area contributed by atoms with Gasteiger partial charge in [0.05, 0.1) is 0 Å². The van der Waals surface area contributed by atoms with Crippen LogP contribution in [0.2, 0.25) is 0 Å². The third-order valence-corrected chi connectivity index (χ3v) is 4.59. The Morgan fingerprint density at radius 1 is 1.25 bits per heavy atom. The van der Waals surface area contributed by atoms with Crippen LogP contribution in [0.15, 0.2) is 23.1 Å². The maximum absolute atomic E-state index is 13.4. The minimum Gasteiger partial charge on any atom is -0.314 e. The summed E-state index contributed by atoms with van der Waals surface area (Å²) in [5.41, 5.74) is 0. The van der Waals surface area contributed by atoms with E-state index in [0.29, 0.717) is 12.6 Å². The third-order valence-electron chi connectivity index (χ3n) is 3.11. The molecule has 2 rings (SSSR count). The van der Waals surface area contributed by atoms with Gasteiger partial charge in [-0.05, 0) is 18.2 Å². The zero-order valence-corrected chi connectivity index (χ0v) is 11.7. The van der Waals surface area contributed by atoms with Gasteiger partial charge in [0.2, 0.25) is 10.0 Å². The fourth-order valence-electron chi connectivity index (χ4n) is 2.03. The van der Waals surface area contributed by atoms with E-state index in [2.05, 4.69) is 14.9 Å². The van der Waals surface area contributed by atoms with Gasteiger partial charge >= 0.3 is 0 Å². The molecule has 1 aromatic rings. The number of hydrogen-bond acceptors (Lipinski definition) is 4. The quantitative estimate of drug-likeness (QED) is 0.813. The molecule has 20 heavy (non-hydrogen) atoms. The van der Waals surface area contributed by atoms with Crippen LogP contribution in [0.3, 0.4) is 0 Å². The van der Waals surface area contributed by atoms with Crippen LogP contribution in [0.4, 0.5) is 8.78 Å². The monoisotopic (exact) mass is 305 g/mol. The molecule has 0 saturated carbocycles. The Morgan fingerprint density at radius 3 is 2.65 bits per heavy atom. The minimum absolute atomic E-state index is 0.165. The first-order valence-corrected chi connectivity index (χ1v) is 7.85. The van der Waals surface area contributed by atoms with Gasteiger partial charge in [0.15, 0.2) is 0 Å². The zero-order valence-electron chi connectivity index (χ0n) is 10.9. The first kappa shape index (κ1) is 15.3. The van der Waals surface area contributed by atoms with Gasteiger partial charge in [-0.3, -0.25) is 4.90 Å². The summed E-state index contributed by atoms with van der Waals surface area (Å²) in [7, 11) is -4.02. The highest BCUT2D eigenvalue weighted by atomic mass is 32.2. The molecule has 112 valence electrons. The van der Waals surface area contributed by atoms with Gasteiger partial charge in [0.1, 0.15) is 16.5 Å². The molecule has 1 aromatic carbocycles. The van der Waals surface area contributed by atoms with Crippen LogP contribution in [-0.2, 0) is 10.0 Å². The van der Waals surface area contributed by atoms with Gasteiger partial charge in [-0.1, -0.05) is 0 Å². The summed E-state index contributed by atoms with van der Waals surface area (Å²) in [5, 5.41) is 3.19. The molecule has 2 N–H and O–H groups in total. The lowest BCUT2D eigenvalue weighted by molar-refractivity contribution is 0.245. The van der Waals surface area contributed by atoms with Crippen LogP contribution < -0.4 is 10.0 Å². The van der Waals surface area contributed by atoms with E-state index in [1.165, 1.54) is 0 Å². The second-order valence-corrected chi connectivity index (χ2v) is 6.30. The van der Waals surface area contributed by atoms with Gasteiger partial charge in [-0.15, -0.1) is 0 Å². The van der Waals surface area contributed by atoms with E-state index < -0.39 is 26.6 Å². The maximum atomic E-state index is 13.4. The largest absolute Gasteiger partial charge is 0.314 e. The van der Waals surface area contributed by atoms with Crippen molar-refractivity contribution in [2.75, 3.05) is 39.3 Å². The lowest BCUT2D eigenvalue weighted by Gasteiger charge is -2.27. The summed E-state index contributed by atoms with van der Waals surface area (Å²) in [6, 6.07) is 2.37. The molecular formula is C12H17F2N3O2S. The average molecular weight is 305 g/mol. The Bertz CT molecular complexity index is 560. The molecule has 0 aliphatic carbocycles. The van der Waals surface area contributed by atoms with Crippen molar-refractivity contribution in [3.63, 3.8) is 0 Å². The summed E-state index contributed by atoms with van der Waals surface area (Å²) >= 11 is 0. The topological polar surface area (TPSA) is 61.4 Å². The highest BCUT2D eigenvalue weighted by Crippen LogP contribution is 2.15. The van der Waals surface area contributed by atoms with E-state index >= 15 is 0 Å². The lowest BCUT2D eigenvalue weighted by atomic mass is 10.3. The maximum Gasteiger partial charge on any atom is 0.243 e. The molecule has 0 atom stereocenters. The summed E-state index contributed by atoms with van der Waals surface area (Å²) in [6.45, 7) is 4.12. The number of sulfonamides is 1. The minimum atomic E-state index is -4.02. The van der Waals surface area contributed by atoms with Crippen molar-refractivity contribution in [1.29, 1.82) is 0 Å². The predicted molar refractivity (Wildman–Crippen MR) is 70.9 cm³/mol. The second-order valence-electron chi connectivity index (χ2n) is 4.56. The number of nitrogens with zero attached hydrogens (tertiary/aromatic N) is 1. The molecule has 0 bridgehead atoms. The van der Waals surface area contributed by atoms with Crippen LogP contribution in [0, 0.1) is 11.6 Å². The predicted octanol–water partition coefficient (Wildman–Crippen LogP) is 0.148. The molecule has 0 aromatic heterocycles. The molecule has 0 amide bonds. The number of piperazine rings is 1. The number of nitrogens with one attached hydrogen (secondary N) is 2. The van der Waals surface area contributed by atoms with Crippen LogP contribution in [-0.4, -0.2) is 52.6 Å². The summed E-state index contributed by atoms with van der Waals surface area (Å²) < 4.78 is 52.5. The Hall–Kier alpha value is -1.09. The van der Waals surface area contributed by atoms with Gasteiger partial charge < -0.3 is 5.32 Å². The van der Waals surface area contributed by atoms with Crippen LogP contribution in [0.1, 0.15) is 0 Å². The Balaban J connectivity index is 1.95. The molecular weight excluding hydrogens is 288 g/mol. The van der Waals surface area contributed by atoms with Crippen molar-refractivity contribution in [3.05, 3.63) is 29.8 Å². The summed E-state index contributed by atoms with van der Waals surface area (Å²) in [5.74, 6) is -1.74. The standard InChI is InChI=1S/C12H17F2N3O2S/c13-10-1-2-11(14)12(9-10)20(18,19)16-5-8-17-6-3-15-4-7-17/h1-2,9,15-16H,3-8H2. The molecule has 1 heterocycles. The van der Waals surface area contributed by atoms with Crippen molar-refractivity contribution >= 4 is 10.0 Å². The Labute approximate surface area is 117 Å². The van der Waals surface area contributed by atoms with Gasteiger partial charge in [0, 0.05) is 39.3 Å². The summed E-state index contributed by atoms with van der Waals surface area (Å²) in [4.78, 5) is 1.44. The number of hydrogen-bond donors (Lipinski definition) is 2. The zero-order chi connectivity index (χ0) is 14.6. The van der Waals surface area contributed by atoms with Crippen molar-refractivity contribution in [3.8, 4) is 0 Å². The molecule has 5 nitrogen and oxygen atoms in total. The SMILES string of the molecule is O=S(=O)(NCCN1CCNCC1)c1cc(F)ccc1F. The smallest absolute Gasteiger partial charge is 0.243 e. The third kappa shape index (κ3) is 3.95. The number of halogens is 2. The second kappa shape index (κ2) is 6.57. The molecule has 0 spiro atoms. The van der Waals surface area contributed by atoms with Crippen molar-refractivity contribution in [1.82, 2.24) is 14.9 Å². The highest BCUT2D eigenvalue weighted by Gasteiger charge is 2.20. The fourth-order valence-corrected chi connectivity index (χ4v) is 3.14. The molecule has 0 radical (unpaired) electrons. The van der Waals surface area contributed by atoms with Crippen LogP contribution in [0.25, 0.3) is 0 Å². The molecule has 1 aliphatic heterocycles. The highest BCUT2D eigenvalue weighted by molar-refractivity contribution is 7.89. The number of rotatable bonds is 5. The normalized spacial score (nSPS) is 17.3. The van der Waals surface area contributed by atoms with E-state index in [4.69, 9.17) is 0 Å². The van der Waals surface area contributed by atoms with E-state index in [-0.39, 0.29) is 6.54 Å². The first-order valence-electron chi connectivity index (χ1n) is 6.37. The lowest BCUT2D eigenvalue weighted by Crippen LogP contribution is -2.46. The first-order chi connectivity index (χ1) is 9.49. The molecule has 8 heteroatoms. The summed E-state index contributed by atoms with van der Waals surface area (Å²) in [6.07, 6.45) is 0. The van der Waals surface area contributed by atoms with Crippen LogP contribution >= 0.6 is 0 Å². The van der Waals surface area contributed by atoms with Crippen LogP contribution in [0.5, 0.6) is 0 Å². The van der Waals surface area contributed by atoms with Gasteiger partial charge in [-0.2, -0.15) is 0 Å². The average Bonchev–Trinajstić information content (AvgIpc) is 2.42. The van der Waals surface area contributed by atoms with Crippen molar-refractivity contribution in [2.45, 2.75) is 4.90 Å². The van der Waals surface area contributed by atoms with E-state index in [0.717, 1.165) is 38.3 Å². The van der Waals surface area contributed by atoms with E-state index in [1.807, 2.05) is 0 Å². The fraction of sp³-hybridized carbons (Fsp3) is 0.500. The van der Waals surface area contributed by atoms with E-state index in [9.17, 15) is 17.2 Å². The molecule has 1 saturated heterocycles. The number of benzene rings is 1. The van der Waals surface area contributed by atoms with Gasteiger partial charge in [0.25, 0.3) is 0 Å². The van der Waals surface area contributed by atoms with Crippen molar-refractivity contribution in [2.24, 2.45) is 0 Å². The Morgan fingerprint density at radius 2 is 1.95 bits per heavy atom. The molecule has 0 unspecified atom stereocenters. The van der Waals surface area contributed by atoms with Crippen molar-refractivity contribution < 1.29 is 17.2 Å². The van der Waals surface area contributed by atoms with Gasteiger partial charge in [-0.25, -0.2) is 21.9 Å².